The van der Waals surface area contributed by atoms with Crippen molar-refractivity contribution in [2.45, 2.75) is 77.3 Å². The molecule has 0 aromatic heterocycles. The number of hydrogen-bond donors (Lipinski definition) is 1. The molecule has 0 amide bonds. The predicted octanol–water partition coefficient (Wildman–Crippen LogP) is 3.44. The van der Waals surface area contributed by atoms with Gasteiger partial charge < -0.3 is 10.1 Å². The molecule has 124 valence electrons. The van der Waals surface area contributed by atoms with Crippen molar-refractivity contribution in [3.05, 3.63) is 0 Å². The number of piperazine rings is 1. The summed E-state index contributed by atoms with van der Waals surface area (Å²) < 4.78 is 5.87. The van der Waals surface area contributed by atoms with E-state index in [1.54, 1.807) is 0 Å². The van der Waals surface area contributed by atoms with Gasteiger partial charge in [-0.1, -0.05) is 33.6 Å². The van der Waals surface area contributed by atoms with Crippen molar-refractivity contribution in [3.8, 4) is 0 Å². The first kappa shape index (κ1) is 17.2. The van der Waals surface area contributed by atoms with Gasteiger partial charge in [0.05, 0.1) is 6.61 Å². The smallest absolute Gasteiger partial charge is 0.0593 e. The lowest BCUT2D eigenvalue weighted by atomic mass is 9.85. The lowest BCUT2D eigenvalue weighted by Crippen LogP contribution is -2.68. The number of rotatable bonds is 7. The molecule has 2 fully saturated rings. The highest BCUT2D eigenvalue weighted by molar-refractivity contribution is 5.05. The summed E-state index contributed by atoms with van der Waals surface area (Å²) in [7, 11) is 0. The van der Waals surface area contributed by atoms with Gasteiger partial charge in [0.25, 0.3) is 0 Å². The summed E-state index contributed by atoms with van der Waals surface area (Å²) in [6.45, 7) is 14.5. The molecule has 0 bridgehead atoms. The van der Waals surface area contributed by atoms with E-state index in [4.69, 9.17) is 4.74 Å². The van der Waals surface area contributed by atoms with Gasteiger partial charge in [0, 0.05) is 37.3 Å². The Bertz CT molecular complexity index is 312. The minimum Gasteiger partial charge on any atom is -0.380 e. The van der Waals surface area contributed by atoms with Crippen molar-refractivity contribution in [2.75, 3.05) is 32.8 Å². The molecule has 1 atom stereocenters. The number of ether oxygens (including phenoxy) is 1. The van der Waals surface area contributed by atoms with Crippen LogP contribution in [0, 0.1) is 5.92 Å². The third-order valence-corrected chi connectivity index (χ3v) is 5.77. The quantitative estimate of drug-likeness (QED) is 0.728. The maximum Gasteiger partial charge on any atom is 0.0593 e. The van der Waals surface area contributed by atoms with E-state index in [1.807, 2.05) is 0 Å². The molecule has 1 unspecified atom stereocenters. The van der Waals surface area contributed by atoms with Crippen LogP contribution in [-0.4, -0.2) is 48.8 Å². The molecule has 2 aliphatic rings. The summed E-state index contributed by atoms with van der Waals surface area (Å²) >= 11 is 0. The second-order valence-corrected chi connectivity index (χ2v) is 7.91. The van der Waals surface area contributed by atoms with Crippen LogP contribution in [0.2, 0.25) is 0 Å². The molecule has 3 heteroatoms. The highest BCUT2D eigenvalue weighted by Gasteiger charge is 2.45. The van der Waals surface area contributed by atoms with Crippen LogP contribution in [0.15, 0.2) is 0 Å². The lowest BCUT2D eigenvalue weighted by molar-refractivity contribution is -0.00875. The summed E-state index contributed by atoms with van der Waals surface area (Å²) in [5, 5.41) is 3.90. The number of nitrogens with one attached hydrogen (secondary N) is 1. The summed E-state index contributed by atoms with van der Waals surface area (Å²) in [5.74, 6) is 0.742. The highest BCUT2D eigenvalue weighted by Crippen LogP contribution is 2.36. The second kappa shape index (κ2) is 7.43. The average Bonchev–Trinajstić information content (AvgIpc) is 2.91. The largest absolute Gasteiger partial charge is 0.380 e. The van der Waals surface area contributed by atoms with E-state index in [0.717, 1.165) is 32.2 Å². The fourth-order valence-electron chi connectivity index (χ4n) is 3.78. The molecule has 0 aromatic rings. The molecular weight excluding hydrogens is 260 g/mol. The first-order valence-electron chi connectivity index (χ1n) is 9.07. The van der Waals surface area contributed by atoms with E-state index in [0.29, 0.717) is 11.1 Å². The summed E-state index contributed by atoms with van der Waals surface area (Å²) in [6, 6.07) is 0. The molecule has 0 aromatic carbocycles. The maximum atomic E-state index is 5.87. The molecule has 1 aliphatic heterocycles. The van der Waals surface area contributed by atoms with Gasteiger partial charge in [-0.2, -0.15) is 0 Å². The minimum atomic E-state index is 0.301. The van der Waals surface area contributed by atoms with Crippen LogP contribution < -0.4 is 5.32 Å². The van der Waals surface area contributed by atoms with Crippen molar-refractivity contribution in [3.63, 3.8) is 0 Å². The van der Waals surface area contributed by atoms with Gasteiger partial charge in [-0.05, 0) is 38.5 Å². The van der Waals surface area contributed by atoms with E-state index in [9.17, 15) is 0 Å². The first-order valence-corrected chi connectivity index (χ1v) is 9.07. The summed E-state index contributed by atoms with van der Waals surface area (Å²) in [4.78, 5) is 2.71. The summed E-state index contributed by atoms with van der Waals surface area (Å²) in [6.07, 6.45) is 7.90. The van der Waals surface area contributed by atoms with Gasteiger partial charge >= 0.3 is 0 Å². The van der Waals surface area contributed by atoms with E-state index < -0.39 is 0 Å². The van der Waals surface area contributed by atoms with Gasteiger partial charge in [-0.25, -0.2) is 0 Å². The van der Waals surface area contributed by atoms with Crippen LogP contribution in [0.5, 0.6) is 0 Å². The zero-order chi connectivity index (χ0) is 15.3. The molecule has 1 saturated heterocycles. The molecule has 1 N–H and O–H groups in total. The Morgan fingerprint density at radius 3 is 2.52 bits per heavy atom. The maximum absolute atomic E-state index is 5.87. The van der Waals surface area contributed by atoms with Crippen molar-refractivity contribution in [1.82, 2.24) is 10.2 Å². The van der Waals surface area contributed by atoms with Crippen LogP contribution in [-0.2, 0) is 4.74 Å². The van der Waals surface area contributed by atoms with Crippen molar-refractivity contribution in [2.24, 2.45) is 5.92 Å². The molecule has 21 heavy (non-hydrogen) atoms. The molecule has 1 saturated carbocycles. The molecule has 2 rings (SSSR count). The van der Waals surface area contributed by atoms with Gasteiger partial charge in [-0.15, -0.1) is 0 Å². The lowest BCUT2D eigenvalue weighted by Gasteiger charge is -2.52. The van der Waals surface area contributed by atoms with Gasteiger partial charge in [0.15, 0.2) is 0 Å². The monoisotopic (exact) mass is 296 g/mol. The van der Waals surface area contributed by atoms with Crippen LogP contribution in [0.25, 0.3) is 0 Å². The SMILES string of the molecule is CCC1(C)CNC2(CCCC2)CN1CCOCCC(C)C. The molecule has 1 heterocycles. The standard InChI is InChI=1S/C18H36N2O/c1-5-17(4)14-19-18(9-6-7-10-18)15-20(17)11-13-21-12-8-16(2)3/h16,19H,5-15H2,1-4H3. The Morgan fingerprint density at radius 2 is 1.90 bits per heavy atom. The van der Waals surface area contributed by atoms with Gasteiger partial charge in [-0.3, -0.25) is 4.90 Å². The summed E-state index contributed by atoms with van der Waals surface area (Å²) in [5.41, 5.74) is 0.710. The first-order chi connectivity index (χ1) is 10.00. The van der Waals surface area contributed by atoms with E-state index in [1.165, 1.54) is 45.1 Å². The van der Waals surface area contributed by atoms with Crippen molar-refractivity contribution >= 4 is 0 Å². The van der Waals surface area contributed by atoms with E-state index in [-0.39, 0.29) is 0 Å². The van der Waals surface area contributed by atoms with Crippen LogP contribution >= 0.6 is 0 Å². The Hall–Kier alpha value is -0.120. The fraction of sp³-hybridized carbons (Fsp3) is 1.00. The Morgan fingerprint density at radius 1 is 1.19 bits per heavy atom. The topological polar surface area (TPSA) is 24.5 Å². The van der Waals surface area contributed by atoms with Gasteiger partial charge in [0.1, 0.15) is 0 Å². The minimum absolute atomic E-state index is 0.301. The average molecular weight is 296 g/mol. The van der Waals surface area contributed by atoms with Crippen LogP contribution in [0.3, 0.4) is 0 Å². The molecule has 1 aliphatic carbocycles. The molecule has 0 radical (unpaired) electrons. The number of nitrogens with zero attached hydrogens (tertiary/aromatic N) is 1. The highest BCUT2D eigenvalue weighted by atomic mass is 16.5. The molecule has 3 nitrogen and oxygen atoms in total. The van der Waals surface area contributed by atoms with E-state index >= 15 is 0 Å². The van der Waals surface area contributed by atoms with Crippen molar-refractivity contribution < 1.29 is 4.74 Å². The third-order valence-electron chi connectivity index (χ3n) is 5.77. The Balaban J connectivity index is 1.83. The Kier molecular flexibility index (Phi) is 6.10. The van der Waals surface area contributed by atoms with Gasteiger partial charge in [0.2, 0.25) is 0 Å². The number of hydrogen-bond acceptors (Lipinski definition) is 3. The zero-order valence-corrected chi connectivity index (χ0v) is 14.7. The molecular formula is C18H36N2O. The van der Waals surface area contributed by atoms with E-state index in [2.05, 4.69) is 37.9 Å². The molecule has 1 spiro atoms. The second-order valence-electron chi connectivity index (χ2n) is 7.91. The predicted molar refractivity (Wildman–Crippen MR) is 89.7 cm³/mol. The third kappa shape index (κ3) is 4.43. The zero-order valence-electron chi connectivity index (χ0n) is 14.7. The van der Waals surface area contributed by atoms with Crippen LogP contribution in [0.4, 0.5) is 0 Å². The fourth-order valence-corrected chi connectivity index (χ4v) is 3.78. The van der Waals surface area contributed by atoms with Crippen LogP contribution in [0.1, 0.15) is 66.2 Å². The Labute approximate surface area is 131 Å². The normalized spacial score (nSPS) is 29.6. The van der Waals surface area contributed by atoms with Crippen molar-refractivity contribution in [1.29, 1.82) is 0 Å².